The van der Waals surface area contributed by atoms with E-state index in [2.05, 4.69) is 29.6 Å². The van der Waals surface area contributed by atoms with Gasteiger partial charge in [0.1, 0.15) is 0 Å². The molecule has 0 aliphatic heterocycles. The van der Waals surface area contributed by atoms with Crippen LogP contribution in [0.25, 0.3) is 10.8 Å². The summed E-state index contributed by atoms with van der Waals surface area (Å²) in [6, 6.07) is 14.5. The third-order valence-electron chi connectivity index (χ3n) is 4.54. The van der Waals surface area contributed by atoms with Gasteiger partial charge in [-0.3, -0.25) is 4.79 Å². The van der Waals surface area contributed by atoms with E-state index in [9.17, 15) is 4.79 Å². The van der Waals surface area contributed by atoms with Crippen molar-refractivity contribution in [2.24, 2.45) is 5.92 Å². The summed E-state index contributed by atoms with van der Waals surface area (Å²) in [5.41, 5.74) is 1.12. The highest BCUT2D eigenvalue weighted by molar-refractivity contribution is 5.90. The molecule has 2 heteroatoms. The highest BCUT2D eigenvalue weighted by Crippen LogP contribution is 2.23. The topological polar surface area (TPSA) is 29.1 Å². The molecule has 1 fully saturated rings. The van der Waals surface area contributed by atoms with Crippen LogP contribution < -0.4 is 5.32 Å². The molecule has 2 aromatic carbocycles. The molecule has 1 aliphatic carbocycles. The summed E-state index contributed by atoms with van der Waals surface area (Å²) in [6.07, 6.45) is 7.03. The van der Waals surface area contributed by atoms with Crippen molar-refractivity contribution in [2.45, 2.75) is 38.5 Å². The summed E-state index contributed by atoms with van der Waals surface area (Å²) < 4.78 is 0. The fourth-order valence-corrected chi connectivity index (χ4v) is 3.33. The van der Waals surface area contributed by atoms with E-state index >= 15 is 0 Å². The quantitative estimate of drug-likeness (QED) is 0.899. The lowest BCUT2D eigenvalue weighted by atomic mass is 9.89. The first-order chi connectivity index (χ1) is 10.3. The lowest BCUT2D eigenvalue weighted by Crippen LogP contribution is -2.31. The Morgan fingerprint density at radius 2 is 1.76 bits per heavy atom. The predicted molar refractivity (Wildman–Crippen MR) is 87.2 cm³/mol. The fraction of sp³-hybridized carbons (Fsp3) is 0.421. The van der Waals surface area contributed by atoms with Crippen molar-refractivity contribution >= 4 is 16.7 Å². The Labute approximate surface area is 126 Å². The van der Waals surface area contributed by atoms with Crippen molar-refractivity contribution in [3.05, 3.63) is 48.0 Å². The minimum atomic E-state index is 0.150. The van der Waals surface area contributed by atoms with E-state index in [-0.39, 0.29) is 5.91 Å². The lowest BCUT2D eigenvalue weighted by Gasteiger charge is -2.21. The highest BCUT2D eigenvalue weighted by atomic mass is 16.1. The molecule has 0 saturated heterocycles. The maximum atomic E-state index is 12.2. The second kappa shape index (κ2) is 6.75. The number of nitrogens with one attached hydrogen (secondary N) is 1. The molecule has 0 bridgehead atoms. The number of benzene rings is 2. The van der Waals surface area contributed by atoms with Crippen LogP contribution in [-0.2, 0) is 11.2 Å². The first-order valence-corrected chi connectivity index (χ1v) is 8.06. The average Bonchev–Trinajstić information content (AvgIpc) is 2.54. The summed E-state index contributed by atoms with van der Waals surface area (Å²) in [5, 5.41) is 5.52. The van der Waals surface area contributed by atoms with Crippen LogP contribution in [0.5, 0.6) is 0 Å². The average molecular weight is 281 g/mol. The monoisotopic (exact) mass is 281 g/mol. The van der Waals surface area contributed by atoms with Crippen molar-refractivity contribution in [2.75, 3.05) is 6.54 Å². The van der Waals surface area contributed by atoms with E-state index in [1.54, 1.807) is 0 Å². The zero-order valence-corrected chi connectivity index (χ0v) is 12.5. The third-order valence-corrected chi connectivity index (χ3v) is 4.54. The zero-order chi connectivity index (χ0) is 14.5. The molecule has 1 amide bonds. The van der Waals surface area contributed by atoms with Gasteiger partial charge in [-0.25, -0.2) is 0 Å². The van der Waals surface area contributed by atoms with Crippen LogP contribution in [0.3, 0.4) is 0 Å². The number of hydrogen-bond donors (Lipinski definition) is 1. The normalized spacial score (nSPS) is 16.0. The summed E-state index contributed by atoms with van der Waals surface area (Å²) in [7, 11) is 0. The van der Waals surface area contributed by atoms with Gasteiger partial charge in [-0.15, -0.1) is 0 Å². The molecule has 1 aliphatic rings. The number of rotatable bonds is 4. The molecule has 1 saturated carbocycles. The van der Waals surface area contributed by atoms with E-state index in [0.717, 1.165) is 12.1 Å². The molecular formula is C19H23NO. The largest absolute Gasteiger partial charge is 0.356 e. The Kier molecular flexibility index (Phi) is 4.54. The van der Waals surface area contributed by atoms with Crippen LogP contribution in [0.15, 0.2) is 42.5 Å². The van der Waals surface area contributed by atoms with Gasteiger partial charge in [0.2, 0.25) is 5.91 Å². The van der Waals surface area contributed by atoms with Crippen molar-refractivity contribution < 1.29 is 4.79 Å². The van der Waals surface area contributed by atoms with Crippen LogP contribution in [-0.4, -0.2) is 12.5 Å². The molecule has 110 valence electrons. The van der Waals surface area contributed by atoms with Gasteiger partial charge < -0.3 is 5.32 Å². The Morgan fingerprint density at radius 1 is 1.00 bits per heavy atom. The summed E-state index contributed by atoms with van der Waals surface area (Å²) >= 11 is 0. The summed E-state index contributed by atoms with van der Waals surface area (Å²) in [5.74, 6) is 0.840. The van der Waals surface area contributed by atoms with E-state index in [1.165, 1.54) is 42.9 Å². The highest BCUT2D eigenvalue weighted by Gasteiger charge is 2.14. The lowest BCUT2D eigenvalue weighted by molar-refractivity contribution is -0.120. The molecule has 2 aromatic rings. The van der Waals surface area contributed by atoms with Gasteiger partial charge in [0.05, 0.1) is 6.42 Å². The Morgan fingerprint density at radius 3 is 2.62 bits per heavy atom. The van der Waals surface area contributed by atoms with Crippen LogP contribution >= 0.6 is 0 Å². The van der Waals surface area contributed by atoms with Gasteiger partial charge in [-0.05, 0) is 35.1 Å². The molecule has 21 heavy (non-hydrogen) atoms. The number of carbonyl (C=O) groups excluding carboxylic acids is 1. The van der Waals surface area contributed by atoms with Crippen LogP contribution in [0, 0.1) is 5.92 Å². The van der Waals surface area contributed by atoms with Crippen LogP contribution in [0.2, 0.25) is 0 Å². The second-order valence-corrected chi connectivity index (χ2v) is 6.12. The fourth-order valence-electron chi connectivity index (χ4n) is 3.33. The minimum absolute atomic E-state index is 0.150. The maximum absolute atomic E-state index is 12.2. The number of fused-ring (bicyclic) bond motifs is 1. The smallest absolute Gasteiger partial charge is 0.224 e. The van der Waals surface area contributed by atoms with Crippen molar-refractivity contribution in [3.8, 4) is 0 Å². The predicted octanol–water partition coefficient (Wildman–Crippen LogP) is 4.08. The molecule has 1 N–H and O–H groups in total. The molecule has 2 nitrogen and oxygen atoms in total. The third kappa shape index (κ3) is 3.63. The van der Waals surface area contributed by atoms with Gasteiger partial charge in [0.15, 0.2) is 0 Å². The van der Waals surface area contributed by atoms with Crippen molar-refractivity contribution in [1.82, 2.24) is 5.32 Å². The minimum Gasteiger partial charge on any atom is -0.356 e. The van der Waals surface area contributed by atoms with E-state index in [0.29, 0.717) is 12.3 Å². The van der Waals surface area contributed by atoms with Crippen molar-refractivity contribution in [1.29, 1.82) is 0 Å². The van der Waals surface area contributed by atoms with Crippen LogP contribution in [0.4, 0.5) is 0 Å². The molecule has 0 spiro atoms. The number of amides is 1. The zero-order valence-electron chi connectivity index (χ0n) is 12.5. The Bertz CT molecular complexity index is 608. The van der Waals surface area contributed by atoms with Gasteiger partial charge in [0, 0.05) is 6.54 Å². The molecule has 0 atom stereocenters. The van der Waals surface area contributed by atoms with E-state index < -0.39 is 0 Å². The van der Waals surface area contributed by atoms with E-state index in [1.807, 2.05) is 18.2 Å². The number of hydrogen-bond acceptors (Lipinski definition) is 1. The number of carbonyl (C=O) groups is 1. The van der Waals surface area contributed by atoms with Gasteiger partial charge in [-0.2, -0.15) is 0 Å². The SMILES string of the molecule is O=C(Cc1cccc2ccccc12)NCC1CCCCC1. The molecule has 0 aromatic heterocycles. The molecule has 0 unspecified atom stereocenters. The van der Waals surface area contributed by atoms with Crippen molar-refractivity contribution in [3.63, 3.8) is 0 Å². The molecule has 3 rings (SSSR count). The standard InChI is InChI=1S/C19H23NO/c21-19(20-14-15-7-2-1-3-8-15)13-17-11-6-10-16-9-4-5-12-18(16)17/h4-6,9-12,15H,1-3,7-8,13-14H2,(H,20,21). The first kappa shape index (κ1) is 14.1. The van der Waals surface area contributed by atoms with Gasteiger partial charge in [-0.1, -0.05) is 61.7 Å². The van der Waals surface area contributed by atoms with Crippen LogP contribution in [0.1, 0.15) is 37.7 Å². The summed E-state index contributed by atoms with van der Waals surface area (Å²) in [4.78, 5) is 12.2. The summed E-state index contributed by atoms with van der Waals surface area (Å²) in [6.45, 7) is 0.851. The maximum Gasteiger partial charge on any atom is 0.224 e. The van der Waals surface area contributed by atoms with E-state index in [4.69, 9.17) is 0 Å². The molecule has 0 radical (unpaired) electrons. The van der Waals surface area contributed by atoms with Gasteiger partial charge in [0.25, 0.3) is 0 Å². The first-order valence-electron chi connectivity index (χ1n) is 8.06. The molecular weight excluding hydrogens is 258 g/mol. The van der Waals surface area contributed by atoms with Gasteiger partial charge >= 0.3 is 0 Å². The molecule has 0 heterocycles. The second-order valence-electron chi connectivity index (χ2n) is 6.12. The Balaban J connectivity index is 1.61. The Hall–Kier alpha value is -1.83.